The van der Waals surface area contributed by atoms with Crippen molar-refractivity contribution in [1.29, 1.82) is 0 Å². The second-order valence-electron chi connectivity index (χ2n) is 2.53. The standard InChI is InChI=1S/C9H8NO2/c11-9-4-2-1-3-7(9)8-5-6-12-10-8/h1-4,6,11H,5H2. The highest BCUT2D eigenvalue weighted by Crippen LogP contribution is 2.21. The number of rotatable bonds is 1. The van der Waals surface area contributed by atoms with E-state index in [1.807, 2.05) is 12.1 Å². The molecule has 1 aliphatic heterocycles. The van der Waals surface area contributed by atoms with Crippen molar-refractivity contribution in [2.24, 2.45) is 5.16 Å². The second kappa shape index (κ2) is 2.85. The maximum Gasteiger partial charge on any atom is 0.172 e. The summed E-state index contributed by atoms with van der Waals surface area (Å²) in [7, 11) is 0. The van der Waals surface area contributed by atoms with Gasteiger partial charge in [-0.1, -0.05) is 17.3 Å². The molecule has 0 saturated carbocycles. The molecule has 1 aromatic carbocycles. The average Bonchev–Trinajstić information content (AvgIpc) is 2.57. The molecule has 0 bridgehead atoms. The molecule has 0 saturated heterocycles. The number of benzene rings is 1. The Kier molecular flexibility index (Phi) is 1.70. The normalized spacial score (nSPS) is 15.5. The van der Waals surface area contributed by atoms with Crippen molar-refractivity contribution in [3.8, 4) is 5.75 Å². The minimum absolute atomic E-state index is 0.246. The summed E-state index contributed by atoms with van der Waals surface area (Å²) >= 11 is 0. The van der Waals surface area contributed by atoms with Gasteiger partial charge in [-0.3, -0.25) is 0 Å². The van der Waals surface area contributed by atoms with Crippen molar-refractivity contribution in [2.45, 2.75) is 6.42 Å². The molecule has 0 fully saturated rings. The van der Waals surface area contributed by atoms with Gasteiger partial charge in [0.1, 0.15) is 5.75 Å². The van der Waals surface area contributed by atoms with Crippen LogP contribution in [0.25, 0.3) is 0 Å². The fourth-order valence-corrected chi connectivity index (χ4v) is 1.13. The van der Waals surface area contributed by atoms with Crippen LogP contribution < -0.4 is 0 Å². The van der Waals surface area contributed by atoms with Crippen LogP contribution in [0.1, 0.15) is 12.0 Å². The molecule has 1 radical (unpaired) electrons. The fourth-order valence-electron chi connectivity index (χ4n) is 1.13. The maximum absolute atomic E-state index is 9.42. The summed E-state index contributed by atoms with van der Waals surface area (Å²) in [6.45, 7) is 1.60. The maximum atomic E-state index is 9.42. The molecule has 0 atom stereocenters. The summed E-state index contributed by atoms with van der Waals surface area (Å²) in [6.07, 6.45) is 0.650. The van der Waals surface area contributed by atoms with Crippen LogP contribution in [0.5, 0.6) is 5.75 Å². The molecule has 1 aliphatic rings. The Morgan fingerprint density at radius 1 is 1.33 bits per heavy atom. The number of para-hydroxylation sites is 1. The number of aromatic hydroxyl groups is 1. The summed E-state index contributed by atoms with van der Waals surface area (Å²) in [4.78, 5) is 4.72. The Balaban J connectivity index is 2.39. The summed E-state index contributed by atoms with van der Waals surface area (Å²) in [5.41, 5.74) is 1.51. The lowest BCUT2D eigenvalue weighted by Gasteiger charge is -1.99. The largest absolute Gasteiger partial charge is 0.507 e. The summed E-state index contributed by atoms with van der Waals surface area (Å²) in [5, 5.41) is 13.2. The van der Waals surface area contributed by atoms with Gasteiger partial charge >= 0.3 is 0 Å². The third kappa shape index (κ3) is 1.13. The van der Waals surface area contributed by atoms with Gasteiger partial charge in [0.2, 0.25) is 0 Å². The summed E-state index contributed by atoms with van der Waals surface area (Å²) < 4.78 is 0. The van der Waals surface area contributed by atoms with Crippen molar-refractivity contribution in [3.63, 3.8) is 0 Å². The van der Waals surface area contributed by atoms with Crippen molar-refractivity contribution < 1.29 is 9.94 Å². The molecular formula is C9H8NO2. The van der Waals surface area contributed by atoms with Gasteiger partial charge in [-0.2, -0.15) is 0 Å². The van der Waals surface area contributed by atoms with Crippen molar-refractivity contribution in [1.82, 2.24) is 0 Å². The van der Waals surface area contributed by atoms with Crippen LogP contribution >= 0.6 is 0 Å². The first-order valence-electron chi connectivity index (χ1n) is 3.70. The van der Waals surface area contributed by atoms with Gasteiger partial charge in [-0.25, -0.2) is 0 Å². The molecule has 1 heterocycles. The quantitative estimate of drug-likeness (QED) is 0.682. The van der Waals surface area contributed by atoms with Crippen LogP contribution in [0.15, 0.2) is 29.4 Å². The molecule has 1 aromatic rings. The number of nitrogens with zero attached hydrogens (tertiary/aromatic N) is 1. The zero-order valence-electron chi connectivity index (χ0n) is 6.40. The Morgan fingerprint density at radius 2 is 2.17 bits per heavy atom. The number of phenolic OH excluding ortho intramolecular Hbond substituents is 1. The van der Waals surface area contributed by atoms with E-state index in [0.29, 0.717) is 6.42 Å². The molecule has 3 nitrogen and oxygen atoms in total. The monoisotopic (exact) mass is 162 g/mol. The minimum atomic E-state index is 0.246. The number of phenols is 1. The lowest BCUT2D eigenvalue weighted by atomic mass is 10.1. The molecule has 12 heavy (non-hydrogen) atoms. The molecular weight excluding hydrogens is 154 g/mol. The molecule has 0 amide bonds. The highest BCUT2D eigenvalue weighted by Gasteiger charge is 2.13. The van der Waals surface area contributed by atoms with E-state index in [2.05, 4.69) is 5.16 Å². The third-order valence-corrected chi connectivity index (χ3v) is 1.73. The van der Waals surface area contributed by atoms with Crippen LogP contribution in [-0.4, -0.2) is 10.8 Å². The minimum Gasteiger partial charge on any atom is -0.507 e. The molecule has 0 unspecified atom stereocenters. The zero-order chi connectivity index (χ0) is 8.39. The number of hydrogen-bond acceptors (Lipinski definition) is 3. The van der Waals surface area contributed by atoms with Gasteiger partial charge in [-0.05, 0) is 12.1 Å². The highest BCUT2D eigenvalue weighted by molar-refractivity contribution is 6.03. The lowest BCUT2D eigenvalue weighted by molar-refractivity contribution is 0.234. The van der Waals surface area contributed by atoms with E-state index < -0.39 is 0 Å². The van der Waals surface area contributed by atoms with Gasteiger partial charge in [0.05, 0.1) is 5.71 Å². The van der Waals surface area contributed by atoms with Crippen LogP contribution in [0.4, 0.5) is 0 Å². The van der Waals surface area contributed by atoms with E-state index in [-0.39, 0.29) is 5.75 Å². The first kappa shape index (κ1) is 7.16. The highest BCUT2D eigenvalue weighted by atomic mass is 16.6. The topological polar surface area (TPSA) is 41.8 Å². The van der Waals surface area contributed by atoms with Gasteiger partial charge in [0.25, 0.3) is 0 Å². The van der Waals surface area contributed by atoms with Gasteiger partial charge in [0, 0.05) is 12.0 Å². The van der Waals surface area contributed by atoms with E-state index >= 15 is 0 Å². The summed E-state index contributed by atoms with van der Waals surface area (Å²) in [6, 6.07) is 7.08. The van der Waals surface area contributed by atoms with Crippen molar-refractivity contribution in [2.75, 3.05) is 0 Å². The molecule has 0 spiro atoms. The van der Waals surface area contributed by atoms with Gasteiger partial charge in [0.15, 0.2) is 6.61 Å². The van der Waals surface area contributed by atoms with E-state index in [0.717, 1.165) is 11.3 Å². The van der Waals surface area contributed by atoms with Crippen LogP contribution in [0, 0.1) is 6.61 Å². The van der Waals surface area contributed by atoms with Crippen LogP contribution in [0.2, 0.25) is 0 Å². The first-order valence-corrected chi connectivity index (χ1v) is 3.70. The molecule has 0 aliphatic carbocycles. The Labute approximate surface area is 70.3 Å². The first-order chi connectivity index (χ1) is 5.88. The predicted octanol–water partition coefficient (Wildman–Crippen LogP) is 1.68. The molecule has 1 N–H and O–H groups in total. The molecule has 3 heteroatoms. The van der Waals surface area contributed by atoms with E-state index in [1.165, 1.54) is 0 Å². The average molecular weight is 162 g/mol. The Morgan fingerprint density at radius 3 is 2.83 bits per heavy atom. The van der Waals surface area contributed by atoms with Crippen LogP contribution in [0.3, 0.4) is 0 Å². The summed E-state index contributed by atoms with van der Waals surface area (Å²) in [5.74, 6) is 0.246. The van der Waals surface area contributed by atoms with Gasteiger partial charge < -0.3 is 9.94 Å². The van der Waals surface area contributed by atoms with E-state index in [9.17, 15) is 5.11 Å². The number of oxime groups is 1. The SMILES string of the molecule is Oc1ccccc1C1=NO[CH]C1. The fraction of sp³-hybridized carbons (Fsp3) is 0.111. The van der Waals surface area contributed by atoms with Gasteiger partial charge in [-0.15, -0.1) is 0 Å². The Hall–Kier alpha value is -1.51. The predicted molar refractivity (Wildman–Crippen MR) is 44.6 cm³/mol. The van der Waals surface area contributed by atoms with Crippen molar-refractivity contribution in [3.05, 3.63) is 36.4 Å². The molecule has 0 aromatic heterocycles. The lowest BCUT2D eigenvalue weighted by Crippen LogP contribution is -1.95. The number of hydrogen-bond donors (Lipinski definition) is 1. The molecule has 61 valence electrons. The van der Waals surface area contributed by atoms with Crippen LogP contribution in [-0.2, 0) is 4.84 Å². The Bertz CT molecular complexity index is 320. The molecule has 2 rings (SSSR count). The third-order valence-electron chi connectivity index (χ3n) is 1.73. The van der Waals surface area contributed by atoms with Crippen molar-refractivity contribution >= 4 is 5.71 Å². The smallest absolute Gasteiger partial charge is 0.172 e. The van der Waals surface area contributed by atoms with E-state index in [4.69, 9.17) is 4.84 Å². The zero-order valence-corrected chi connectivity index (χ0v) is 6.40. The van der Waals surface area contributed by atoms with E-state index in [1.54, 1.807) is 18.7 Å². The second-order valence-corrected chi connectivity index (χ2v) is 2.53.